The van der Waals surface area contributed by atoms with E-state index < -0.39 is 0 Å². The van der Waals surface area contributed by atoms with Crippen molar-refractivity contribution in [2.24, 2.45) is 0 Å². The molecular formula is C48H36O. The van der Waals surface area contributed by atoms with Gasteiger partial charge in [0, 0.05) is 17.4 Å². The Kier molecular flexibility index (Phi) is 7.66. The van der Waals surface area contributed by atoms with Gasteiger partial charge in [-0.3, -0.25) is 0 Å². The molecule has 7 aromatic rings. The molecule has 0 bridgehead atoms. The predicted molar refractivity (Wildman–Crippen MR) is 213 cm³/mol. The molecule has 8 rings (SSSR count). The van der Waals surface area contributed by atoms with E-state index >= 15 is 0 Å². The second-order valence-corrected chi connectivity index (χ2v) is 12.5. The van der Waals surface area contributed by atoms with Crippen molar-refractivity contribution >= 4 is 52.1 Å². The van der Waals surface area contributed by atoms with E-state index in [-0.39, 0.29) is 0 Å². The topological polar surface area (TPSA) is 13.1 Å². The summed E-state index contributed by atoms with van der Waals surface area (Å²) >= 11 is 0. The predicted octanol–water partition coefficient (Wildman–Crippen LogP) is 13.8. The molecule has 49 heavy (non-hydrogen) atoms. The lowest BCUT2D eigenvalue weighted by Crippen LogP contribution is -1.99. The third-order valence-electron chi connectivity index (χ3n) is 9.85. The van der Waals surface area contributed by atoms with Crippen LogP contribution in [0, 0.1) is 0 Å². The second kappa shape index (κ2) is 12.4. The maximum atomic E-state index is 6.17. The Bertz CT molecular complexity index is 2480. The van der Waals surface area contributed by atoms with Crippen LogP contribution < -0.4 is 0 Å². The molecule has 0 radical (unpaired) electrons. The Balaban J connectivity index is 1.32. The van der Waals surface area contributed by atoms with Crippen molar-refractivity contribution in [2.45, 2.75) is 12.8 Å². The van der Waals surface area contributed by atoms with E-state index in [1.807, 2.05) is 30.4 Å². The average molecular weight is 629 g/mol. The summed E-state index contributed by atoms with van der Waals surface area (Å²) < 4.78 is 6.17. The SMILES string of the molecule is C=Cc1cc(-c2ccccc2)cc(-c2c(C=C)c(C=C)c(-c3ccc(-c4ccc5oc6c(c5c4)C=CCC6)cc3)c3ccccc23)c1C=C. The molecule has 0 unspecified atom stereocenters. The summed E-state index contributed by atoms with van der Waals surface area (Å²) in [5.41, 5.74) is 15.4. The van der Waals surface area contributed by atoms with Crippen LogP contribution in [0.1, 0.15) is 40.0 Å². The molecule has 0 atom stereocenters. The van der Waals surface area contributed by atoms with Gasteiger partial charge in [-0.1, -0.05) is 148 Å². The summed E-state index contributed by atoms with van der Waals surface area (Å²) in [6.07, 6.45) is 14.2. The monoisotopic (exact) mass is 628 g/mol. The lowest BCUT2D eigenvalue weighted by molar-refractivity contribution is 0.546. The van der Waals surface area contributed by atoms with Crippen LogP contribution in [0.15, 0.2) is 146 Å². The normalized spacial score (nSPS) is 12.2. The molecule has 1 heterocycles. The summed E-state index contributed by atoms with van der Waals surface area (Å²) in [6, 6.07) is 39.0. The van der Waals surface area contributed by atoms with Gasteiger partial charge in [-0.05, 0) is 108 Å². The lowest BCUT2D eigenvalue weighted by Gasteiger charge is -2.22. The van der Waals surface area contributed by atoms with E-state index in [1.165, 1.54) is 16.5 Å². The molecule has 234 valence electrons. The highest BCUT2D eigenvalue weighted by Crippen LogP contribution is 2.46. The third-order valence-corrected chi connectivity index (χ3v) is 9.85. The molecule has 0 saturated carbocycles. The molecule has 6 aromatic carbocycles. The molecule has 0 amide bonds. The van der Waals surface area contributed by atoms with Crippen molar-refractivity contribution in [3.05, 3.63) is 175 Å². The van der Waals surface area contributed by atoms with E-state index in [1.54, 1.807) is 0 Å². The first kappa shape index (κ1) is 30.2. The summed E-state index contributed by atoms with van der Waals surface area (Å²) in [6.45, 7) is 17.1. The molecule has 0 aliphatic heterocycles. The average Bonchev–Trinajstić information content (AvgIpc) is 3.54. The lowest BCUT2D eigenvalue weighted by atomic mass is 9.80. The van der Waals surface area contributed by atoms with Gasteiger partial charge in [0.15, 0.2) is 0 Å². The van der Waals surface area contributed by atoms with Crippen molar-refractivity contribution in [3.63, 3.8) is 0 Å². The maximum absolute atomic E-state index is 6.17. The molecule has 0 saturated heterocycles. The summed E-state index contributed by atoms with van der Waals surface area (Å²) in [5, 5.41) is 3.48. The Morgan fingerprint density at radius 2 is 1.14 bits per heavy atom. The number of fused-ring (bicyclic) bond motifs is 4. The number of benzene rings is 6. The Morgan fingerprint density at radius 1 is 0.510 bits per heavy atom. The number of hydrogen-bond acceptors (Lipinski definition) is 1. The van der Waals surface area contributed by atoms with E-state index in [0.29, 0.717) is 0 Å². The van der Waals surface area contributed by atoms with Crippen LogP contribution in [0.3, 0.4) is 0 Å². The van der Waals surface area contributed by atoms with Gasteiger partial charge in [-0.2, -0.15) is 0 Å². The number of aryl methyl sites for hydroxylation is 1. The van der Waals surface area contributed by atoms with Crippen LogP contribution in [0.5, 0.6) is 0 Å². The standard InChI is InChI=1S/C48H36O/c1-5-31-28-36(32-16-10-9-11-17-32)30-44(37(31)6-2)48-39(8-4)38(7-3)47(41-19-12-13-20-42(41)48)34-24-22-33(23-25-34)35-26-27-46-43(29-35)40-18-14-15-21-45(40)49-46/h5-14,16-20,22-30H,1-4,15,21H2. The van der Waals surface area contributed by atoms with Crippen LogP contribution in [0.4, 0.5) is 0 Å². The smallest absolute Gasteiger partial charge is 0.134 e. The molecule has 0 N–H and O–H groups in total. The van der Waals surface area contributed by atoms with Crippen molar-refractivity contribution < 1.29 is 4.42 Å². The Labute approximate surface area is 288 Å². The zero-order valence-electron chi connectivity index (χ0n) is 27.5. The first-order valence-corrected chi connectivity index (χ1v) is 16.8. The van der Waals surface area contributed by atoms with Crippen LogP contribution in [0.2, 0.25) is 0 Å². The third kappa shape index (κ3) is 5.03. The van der Waals surface area contributed by atoms with Crippen LogP contribution in [-0.4, -0.2) is 0 Å². The molecule has 1 aliphatic carbocycles. The fourth-order valence-corrected chi connectivity index (χ4v) is 7.54. The van der Waals surface area contributed by atoms with E-state index in [9.17, 15) is 0 Å². The Hall–Kier alpha value is -6.18. The van der Waals surface area contributed by atoms with E-state index in [4.69, 9.17) is 4.42 Å². The first-order chi connectivity index (χ1) is 24.1. The molecule has 1 aromatic heterocycles. The van der Waals surface area contributed by atoms with E-state index in [0.717, 1.165) is 96.2 Å². The number of allylic oxidation sites excluding steroid dienone is 1. The molecule has 1 aliphatic rings. The largest absolute Gasteiger partial charge is 0.460 e. The van der Waals surface area contributed by atoms with Gasteiger partial charge in [0.05, 0.1) is 0 Å². The quantitative estimate of drug-likeness (QED) is 0.163. The highest BCUT2D eigenvalue weighted by atomic mass is 16.3. The molecule has 0 fully saturated rings. The molecule has 1 nitrogen and oxygen atoms in total. The number of rotatable bonds is 8. The molecular weight excluding hydrogens is 593 g/mol. The number of hydrogen-bond donors (Lipinski definition) is 0. The summed E-state index contributed by atoms with van der Waals surface area (Å²) in [5.74, 6) is 1.09. The van der Waals surface area contributed by atoms with Gasteiger partial charge in [-0.15, -0.1) is 0 Å². The molecule has 0 spiro atoms. The maximum Gasteiger partial charge on any atom is 0.134 e. The van der Waals surface area contributed by atoms with Crippen molar-refractivity contribution in [1.29, 1.82) is 0 Å². The van der Waals surface area contributed by atoms with Gasteiger partial charge >= 0.3 is 0 Å². The van der Waals surface area contributed by atoms with Crippen molar-refractivity contribution in [1.82, 2.24) is 0 Å². The van der Waals surface area contributed by atoms with Gasteiger partial charge in [-0.25, -0.2) is 0 Å². The highest BCUT2D eigenvalue weighted by Gasteiger charge is 2.22. The minimum absolute atomic E-state index is 0.949. The minimum Gasteiger partial charge on any atom is -0.460 e. The fourth-order valence-electron chi connectivity index (χ4n) is 7.54. The van der Waals surface area contributed by atoms with Gasteiger partial charge < -0.3 is 4.42 Å². The zero-order valence-corrected chi connectivity index (χ0v) is 27.5. The minimum atomic E-state index is 0.949. The summed E-state index contributed by atoms with van der Waals surface area (Å²) in [4.78, 5) is 0. The van der Waals surface area contributed by atoms with Crippen molar-refractivity contribution in [3.8, 4) is 44.5 Å². The highest BCUT2D eigenvalue weighted by molar-refractivity contribution is 6.13. The van der Waals surface area contributed by atoms with E-state index in [2.05, 4.69) is 142 Å². The van der Waals surface area contributed by atoms with Gasteiger partial charge in [0.25, 0.3) is 0 Å². The zero-order chi connectivity index (χ0) is 33.5. The van der Waals surface area contributed by atoms with Crippen LogP contribution in [-0.2, 0) is 6.42 Å². The number of furan rings is 1. The second-order valence-electron chi connectivity index (χ2n) is 12.5. The molecule has 1 heteroatoms. The van der Waals surface area contributed by atoms with Gasteiger partial charge in [0.2, 0.25) is 0 Å². The first-order valence-electron chi connectivity index (χ1n) is 16.8. The Morgan fingerprint density at radius 3 is 1.86 bits per heavy atom. The van der Waals surface area contributed by atoms with Crippen LogP contribution >= 0.6 is 0 Å². The van der Waals surface area contributed by atoms with Crippen molar-refractivity contribution in [2.75, 3.05) is 0 Å². The van der Waals surface area contributed by atoms with Crippen LogP contribution in [0.25, 0.3) is 96.6 Å². The van der Waals surface area contributed by atoms with Gasteiger partial charge in [0.1, 0.15) is 11.3 Å². The fraction of sp³-hybridized carbons (Fsp3) is 0.0417. The summed E-state index contributed by atoms with van der Waals surface area (Å²) in [7, 11) is 0.